The van der Waals surface area contributed by atoms with Gasteiger partial charge in [-0.2, -0.15) is 0 Å². The van der Waals surface area contributed by atoms with Crippen molar-refractivity contribution < 1.29 is 13.6 Å². The number of furan rings is 1. The van der Waals surface area contributed by atoms with Crippen LogP contribution in [0, 0.1) is 19.7 Å². The van der Waals surface area contributed by atoms with Gasteiger partial charge in [0.25, 0.3) is 11.5 Å². The van der Waals surface area contributed by atoms with Crippen LogP contribution in [-0.2, 0) is 12.8 Å². The molecule has 1 aromatic carbocycles. The minimum Gasteiger partial charge on any atom is -0.448 e. The number of nitrogens with zero attached hydrogens (tertiary/aromatic N) is 2. The molecule has 0 fully saturated rings. The number of aromatic amines is 1. The van der Waals surface area contributed by atoms with E-state index >= 15 is 0 Å². The van der Waals surface area contributed by atoms with Gasteiger partial charge >= 0.3 is 0 Å². The zero-order valence-electron chi connectivity index (χ0n) is 14.6. The highest BCUT2D eigenvalue weighted by Crippen LogP contribution is 2.28. The van der Waals surface area contributed by atoms with Crippen LogP contribution in [0.15, 0.2) is 27.4 Å². The lowest BCUT2D eigenvalue weighted by molar-refractivity contribution is 0.0732. The number of aryl methyl sites for hydroxylation is 2. The van der Waals surface area contributed by atoms with E-state index < -0.39 is 5.82 Å². The number of halogens is 1. The van der Waals surface area contributed by atoms with Crippen molar-refractivity contribution in [3.05, 3.63) is 62.8 Å². The number of carbonyl (C=O) groups excluding carboxylic acids is 1. The summed E-state index contributed by atoms with van der Waals surface area (Å²) in [7, 11) is 0. The standard InChI is InChI=1S/C19H18FN3O3/c1-10-12-4-3-5-14(20)17(12)26-16(10)19(25)23-8-6-13-15(7-9-23)21-11(2)22-18(13)24/h3-5H,6-9H2,1-2H3,(H,21,22,24). The van der Waals surface area contributed by atoms with E-state index in [1.54, 1.807) is 30.9 Å². The van der Waals surface area contributed by atoms with Gasteiger partial charge in [-0.25, -0.2) is 9.37 Å². The molecule has 0 unspecified atom stereocenters. The second kappa shape index (κ2) is 6.09. The zero-order chi connectivity index (χ0) is 18.4. The molecule has 7 heteroatoms. The molecule has 1 aliphatic rings. The third-order valence-electron chi connectivity index (χ3n) is 4.87. The number of amides is 1. The van der Waals surface area contributed by atoms with Crippen LogP contribution in [0.2, 0.25) is 0 Å². The Balaban J connectivity index is 1.66. The van der Waals surface area contributed by atoms with Crippen LogP contribution in [0.3, 0.4) is 0 Å². The Labute approximate surface area is 148 Å². The van der Waals surface area contributed by atoms with Gasteiger partial charge in [-0.3, -0.25) is 9.59 Å². The topological polar surface area (TPSA) is 79.2 Å². The maximum Gasteiger partial charge on any atom is 0.289 e. The smallest absolute Gasteiger partial charge is 0.289 e. The van der Waals surface area contributed by atoms with Gasteiger partial charge < -0.3 is 14.3 Å². The lowest BCUT2D eigenvalue weighted by atomic mass is 10.1. The average molecular weight is 355 g/mol. The Bertz CT molecular complexity index is 1080. The molecule has 1 N–H and O–H groups in total. The van der Waals surface area contributed by atoms with Gasteiger partial charge in [0, 0.05) is 36.0 Å². The molecule has 0 saturated heterocycles. The van der Waals surface area contributed by atoms with E-state index in [1.807, 2.05) is 0 Å². The monoisotopic (exact) mass is 355 g/mol. The molecule has 0 radical (unpaired) electrons. The first-order valence-corrected chi connectivity index (χ1v) is 8.51. The van der Waals surface area contributed by atoms with Crippen LogP contribution in [0.5, 0.6) is 0 Å². The second-order valence-electron chi connectivity index (χ2n) is 6.54. The number of aromatic nitrogens is 2. The summed E-state index contributed by atoms with van der Waals surface area (Å²) >= 11 is 0. The highest BCUT2D eigenvalue weighted by atomic mass is 19.1. The van der Waals surface area contributed by atoms with Gasteiger partial charge in [0.15, 0.2) is 17.2 Å². The van der Waals surface area contributed by atoms with Gasteiger partial charge in [0.05, 0.1) is 5.69 Å². The predicted octanol–water partition coefficient (Wildman–Crippen LogP) is 2.51. The average Bonchev–Trinajstić information content (AvgIpc) is 2.80. The maximum absolute atomic E-state index is 13.9. The van der Waals surface area contributed by atoms with Crippen LogP contribution in [-0.4, -0.2) is 33.9 Å². The number of fused-ring (bicyclic) bond motifs is 2. The lowest BCUT2D eigenvalue weighted by Crippen LogP contribution is -2.33. The summed E-state index contributed by atoms with van der Waals surface area (Å²) in [5, 5.41) is 0.597. The minimum atomic E-state index is -0.487. The van der Waals surface area contributed by atoms with Crippen molar-refractivity contribution >= 4 is 16.9 Å². The first-order valence-electron chi connectivity index (χ1n) is 8.51. The molecular formula is C19H18FN3O3. The van der Waals surface area contributed by atoms with Gasteiger partial charge in [-0.1, -0.05) is 12.1 Å². The summed E-state index contributed by atoms with van der Waals surface area (Å²) in [6.07, 6.45) is 0.927. The number of hydrogen-bond acceptors (Lipinski definition) is 4. The summed E-state index contributed by atoms with van der Waals surface area (Å²) < 4.78 is 19.5. The molecule has 3 heterocycles. The van der Waals surface area contributed by atoms with Crippen molar-refractivity contribution in [3.63, 3.8) is 0 Å². The quantitative estimate of drug-likeness (QED) is 0.727. The molecule has 3 aromatic rings. The molecule has 4 rings (SSSR count). The van der Waals surface area contributed by atoms with Crippen LogP contribution in [0.25, 0.3) is 11.0 Å². The van der Waals surface area contributed by atoms with E-state index in [0.29, 0.717) is 48.3 Å². The number of H-pyrrole nitrogens is 1. The highest BCUT2D eigenvalue weighted by molar-refractivity contribution is 5.99. The summed E-state index contributed by atoms with van der Waals surface area (Å²) in [4.78, 5) is 33.8. The number of para-hydroxylation sites is 1. The van der Waals surface area contributed by atoms with E-state index in [-0.39, 0.29) is 22.8 Å². The van der Waals surface area contributed by atoms with Gasteiger partial charge in [-0.15, -0.1) is 0 Å². The molecule has 1 amide bonds. The van der Waals surface area contributed by atoms with E-state index in [0.717, 1.165) is 5.69 Å². The third-order valence-corrected chi connectivity index (χ3v) is 4.87. The van der Waals surface area contributed by atoms with E-state index in [4.69, 9.17) is 4.42 Å². The molecule has 6 nitrogen and oxygen atoms in total. The molecule has 2 aromatic heterocycles. The number of rotatable bonds is 1. The number of nitrogens with one attached hydrogen (secondary N) is 1. The van der Waals surface area contributed by atoms with Crippen molar-refractivity contribution in [1.82, 2.24) is 14.9 Å². The predicted molar refractivity (Wildman–Crippen MR) is 93.8 cm³/mol. The van der Waals surface area contributed by atoms with Crippen molar-refractivity contribution in [2.45, 2.75) is 26.7 Å². The fraction of sp³-hybridized carbons (Fsp3) is 0.316. The van der Waals surface area contributed by atoms with Crippen LogP contribution in [0.4, 0.5) is 4.39 Å². The maximum atomic E-state index is 13.9. The summed E-state index contributed by atoms with van der Waals surface area (Å²) in [5.41, 5.74) is 1.93. The van der Waals surface area contributed by atoms with Crippen molar-refractivity contribution in [2.75, 3.05) is 13.1 Å². The Morgan fingerprint density at radius 2 is 2.04 bits per heavy atom. The zero-order valence-corrected chi connectivity index (χ0v) is 14.6. The van der Waals surface area contributed by atoms with Crippen LogP contribution in [0.1, 0.15) is 33.2 Å². The van der Waals surface area contributed by atoms with E-state index in [9.17, 15) is 14.0 Å². The Hall–Kier alpha value is -2.96. The number of benzene rings is 1. The van der Waals surface area contributed by atoms with Crippen molar-refractivity contribution in [1.29, 1.82) is 0 Å². The molecule has 0 saturated carbocycles. The summed E-state index contributed by atoms with van der Waals surface area (Å²) in [6, 6.07) is 4.64. The van der Waals surface area contributed by atoms with Gasteiger partial charge in [-0.05, 0) is 26.3 Å². The molecule has 26 heavy (non-hydrogen) atoms. The minimum absolute atomic E-state index is 0.0974. The third kappa shape index (κ3) is 2.60. The van der Waals surface area contributed by atoms with E-state index in [2.05, 4.69) is 9.97 Å². The largest absolute Gasteiger partial charge is 0.448 e. The Morgan fingerprint density at radius 1 is 1.27 bits per heavy atom. The first kappa shape index (κ1) is 16.5. The normalized spacial score (nSPS) is 14.3. The van der Waals surface area contributed by atoms with Crippen LogP contribution >= 0.6 is 0 Å². The number of carbonyl (C=O) groups is 1. The molecule has 0 spiro atoms. The highest BCUT2D eigenvalue weighted by Gasteiger charge is 2.27. The van der Waals surface area contributed by atoms with Crippen LogP contribution < -0.4 is 5.56 Å². The van der Waals surface area contributed by atoms with E-state index in [1.165, 1.54) is 6.07 Å². The lowest BCUT2D eigenvalue weighted by Gasteiger charge is -2.19. The fourth-order valence-electron chi connectivity index (χ4n) is 3.49. The summed E-state index contributed by atoms with van der Waals surface area (Å²) in [6.45, 7) is 4.31. The first-order chi connectivity index (χ1) is 12.5. The van der Waals surface area contributed by atoms with Gasteiger partial charge in [0.2, 0.25) is 0 Å². The molecule has 134 valence electrons. The molecule has 0 atom stereocenters. The van der Waals surface area contributed by atoms with Crippen molar-refractivity contribution in [3.8, 4) is 0 Å². The SMILES string of the molecule is Cc1nc2c(c(=O)[nH]1)CCN(C(=O)c1oc3c(F)cccc3c1C)CC2. The van der Waals surface area contributed by atoms with Gasteiger partial charge in [0.1, 0.15) is 5.82 Å². The molecular weight excluding hydrogens is 337 g/mol. The Kier molecular flexibility index (Phi) is 3.86. The number of hydrogen-bond donors (Lipinski definition) is 1. The molecule has 0 bridgehead atoms. The Morgan fingerprint density at radius 3 is 2.81 bits per heavy atom. The summed E-state index contributed by atoms with van der Waals surface area (Å²) in [5.74, 6) is -0.0653. The molecule has 1 aliphatic heterocycles. The molecule has 0 aliphatic carbocycles. The van der Waals surface area contributed by atoms with Crippen molar-refractivity contribution in [2.24, 2.45) is 0 Å². The fourth-order valence-corrected chi connectivity index (χ4v) is 3.49. The second-order valence-corrected chi connectivity index (χ2v) is 6.54.